The number of halogens is 1. The molecule has 1 saturated carbocycles. The Kier molecular flexibility index (Phi) is 9.71. The van der Waals surface area contributed by atoms with Gasteiger partial charge >= 0.3 is 0 Å². The van der Waals surface area contributed by atoms with Gasteiger partial charge in [-0.2, -0.15) is 0 Å². The Bertz CT molecular complexity index is 325. The van der Waals surface area contributed by atoms with Gasteiger partial charge in [-0.1, -0.05) is 39.5 Å². The van der Waals surface area contributed by atoms with E-state index in [9.17, 15) is 0 Å². The Morgan fingerprint density at radius 1 is 1.18 bits per heavy atom. The van der Waals surface area contributed by atoms with Crippen molar-refractivity contribution in [1.29, 1.82) is 0 Å². The molecule has 130 valence electrons. The molecule has 1 atom stereocenters. The van der Waals surface area contributed by atoms with E-state index >= 15 is 0 Å². The number of hydrogen-bond donors (Lipinski definition) is 2. The Balaban J connectivity index is 0.00000242. The van der Waals surface area contributed by atoms with Gasteiger partial charge in [0.2, 0.25) is 0 Å². The minimum absolute atomic E-state index is 0. The zero-order chi connectivity index (χ0) is 15.1. The molecule has 0 radical (unpaired) electrons. The molecule has 3 N–H and O–H groups in total. The highest BCUT2D eigenvalue weighted by molar-refractivity contribution is 14.0. The largest absolute Gasteiger partial charge is 0.370 e. The Morgan fingerprint density at radius 3 is 2.50 bits per heavy atom. The van der Waals surface area contributed by atoms with Crippen LogP contribution in [0.2, 0.25) is 0 Å². The molecule has 0 aromatic heterocycles. The lowest BCUT2D eigenvalue weighted by molar-refractivity contribution is 0.288. The highest BCUT2D eigenvalue weighted by Gasteiger charge is 2.22. The molecule has 1 saturated heterocycles. The Labute approximate surface area is 153 Å². The topological polar surface area (TPSA) is 53.6 Å². The van der Waals surface area contributed by atoms with Crippen LogP contribution in [0.1, 0.15) is 58.8 Å². The molecule has 5 heteroatoms. The normalized spacial score (nSPS) is 25.0. The first-order valence-electron chi connectivity index (χ1n) is 8.92. The maximum absolute atomic E-state index is 6.07. The molecular weight excluding hydrogens is 387 g/mol. The summed E-state index contributed by atoms with van der Waals surface area (Å²) in [5.74, 6) is 2.12. The average Bonchev–Trinajstić information content (AvgIpc) is 2.70. The number of aliphatic imine (C=N–C) groups is 1. The number of nitrogens with one attached hydrogen (secondary N) is 1. The van der Waals surface area contributed by atoms with Crippen molar-refractivity contribution in [2.45, 2.75) is 64.8 Å². The van der Waals surface area contributed by atoms with Crippen LogP contribution in [0.15, 0.2) is 4.99 Å². The molecule has 0 amide bonds. The van der Waals surface area contributed by atoms with Crippen molar-refractivity contribution in [1.82, 2.24) is 10.2 Å². The van der Waals surface area contributed by atoms with E-state index in [-0.39, 0.29) is 24.0 Å². The van der Waals surface area contributed by atoms with E-state index in [2.05, 4.69) is 29.1 Å². The summed E-state index contributed by atoms with van der Waals surface area (Å²) in [6.45, 7) is 9.11. The second-order valence-corrected chi connectivity index (χ2v) is 7.37. The number of nitrogens with two attached hydrogens (primary N) is 1. The zero-order valence-electron chi connectivity index (χ0n) is 14.4. The lowest BCUT2D eigenvalue weighted by Gasteiger charge is -2.18. The molecule has 1 heterocycles. The summed E-state index contributed by atoms with van der Waals surface area (Å²) in [4.78, 5) is 7.17. The maximum Gasteiger partial charge on any atom is 0.188 e. The third kappa shape index (κ3) is 7.49. The van der Waals surface area contributed by atoms with Crippen LogP contribution in [0, 0.1) is 11.8 Å². The summed E-state index contributed by atoms with van der Waals surface area (Å²) in [5, 5.41) is 3.44. The van der Waals surface area contributed by atoms with Crippen LogP contribution in [-0.2, 0) is 0 Å². The summed E-state index contributed by atoms with van der Waals surface area (Å²) in [7, 11) is 0. The predicted molar refractivity (Wildman–Crippen MR) is 106 cm³/mol. The van der Waals surface area contributed by atoms with Crippen LogP contribution >= 0.6 is 24.0 Å². The first kappa shape index (κ1) is 20.0. The lowest BCUT2D eigenvalue weighted by atomic mass is 10.1. The van der Waals surface area contributed by atoms with Crippen LogP contribution in [0.4, 0.5) is 0 Å². The van der Waals surface area contributed by atoms with E-state index < -0.39 is 0 Å². The summed E-state index contributed by atoms with van der Waals surface area (Å²) in [6.07, 6.45) is 9.19. The van der Waals surface area contributed by atoms with Crippen molar-refractivity contribution in [3.8, 4) is 0 Å². The number of rotatable bonds is 5. The molecule has 0 bridgehead atoms. The molecule has 2 aliphatic rings. The van der Waals surface area contributed by atoms with E-state index in [1.165, 1.54) is 64.6 Å². The van der Waals surface area contributed by atoms with Gasteiger partial charge in [0.05, 0.1) is 0 Å². The van der Waals surface area contributed by atoms with Gasteiger partial charge < -0.3 is 16.0 Å². The van der Waals surface area contributed by atoms with Crippen LogP contribution in [0.25, 0.3) is 0 Å². The Morgan fingerprint density at radius 2 is 1.86 bits per heavy atom. The van der Waals surface area contributed by atoms with Gasteiger partial charge in [0.25, 0.3) is 0 Å². The van der Waals surface area contributed by atoms with E-state index in [1.807, 2.05) is 0 Å². The van der Waals surface area contributed by atoms with Crippen molar-refractivity contribution in [2.75, 3.05) is 26.2 Å². The van der Waals surface area contributed by atoms with Crippen LogP contribution in [-0.4, -0.2) is 43.1 Å². The molecule has 1 aliphatic carbocycles. The average molecular weight is 422 g/mol. The number of guanidine groups is 1. The van der Waals surface area contributed by atoms with Gasteiger partial charge in [-0.05, 0) is 37.6 Å². The van der Waals surface area contributed by atoms with E-state index in [0.29, 0.717) is 17.9 Å². The van der Waals surface area contributed by atoms with Gasteiger partial charge in [0, 0.05) is 25.7 Å². The third-order valence-electron chi connectivity index (χ3n) is 4.72. The van der Waals surface area contributed by atoms with Gasteiger partial charge in [0.1, 0.15) is 0 Å². The van der Waals surface area contributed by atoms with E-state index in [0.717, 1.165) is 12.5 Å². The minimum Gasteiger partial charge on any atom is -0.370 e. The van der Waals surface area contributed by atoms with E-state index in [1.54, 1.807) is 0 Å². The third-order valence-corrected chi connectivity index (χ3v) is 4.72. The smallest absolute Gasteiger partial charge is 0.188 e. The van der Waals surface area contributed by atoms with E-state index in [4.69, 9.17) is 5.73 Å². The van der Waals surface area contributed by atoms with Crippen molar-refractivity contribution >= 4 is 29.9 Å². The standard InChI is InChI=1S/C17H34N4.HI/c1-14(2)12-21-10-9-15(13-21)11-19-17(18)20-16-7-5-3-4-6-8-16;/h14-16H,3-13H2,1-2H3,(H3,18,19,20);1H. The van der Waals surface area contributed by atoms with Crippen LogP contribution in [0.3, 0.4) is 0 Å². The maximum atomic E-state index is 6.07. The van der Waals surface area contributed by atoms with Gasteiger partial charge in [-0.15, -0.1) is 24.0 Å². The molecule has 0 spiro atoms. The monoisotopic (exact) mass is 422 g/mol. The van der Waals surface area contributed by atoms with Crippen molar-refractivity contribution in [3.63, 3.8) is 0 Å². The molecule has 4 nitrogen and oxygen atoms in total. The first-order chi connectivity index (χ1) is 10.1. The first-order valence-corrected chi connectivity index (χ1v) is 8.92. The lowest BCUT2D eigenvalue weighted by Crippen LogP contribution is -2.40. The molecule has 2 fully saturated rings. The van der Waals surface area contributed by atoms with Gasteiger partial charge in [-0.25, -0.2) is 0 Å². The van der Waals surface area contributed by atoms with Crippen molar-refractivity contribution in [3.05, 3.63) is 0 Å². The summed E-state index contributed by atoms with van der Waals surface area (Å²) in [6, 6.07) is 0.553. The Hall–Kier alpha value is -0.0400. The molecule has 2 rings (SSSR count). The fraction of sp³-hybridized carbons (Fsp3) is 0.941. The number of hydrogen-bond acceptors (Lipinski definition) is 2. The fourth-order valence-corrected chi connectivity index (χ4v) is 3.65. The van der Waals surface area contributed by atoms with Crippen LogP contribution in [0.5, 0.6) is 0 Å². The number of likely N-dealkylation sites (tertiary alicyclic amines) is 1. The van der Waals surface area contributed by atoms with Crippen molar-refractivity contribution in [2.24, 2.45) is 22.6 Å². The fourth-order valence-electron chi connectivity index (χ4n) is 3.65. The molecular formula is C17H35IN4. The molecule has 0 aromatic carbocycles. The van der Waals surface area contributed by atoms with Crippen molar-refractivity contribution < 1.29 is 0 Å². The summed E-state index contributed by atoms with van der Waals surface area (Å²) >= 11 is 0. The molecule has 0 aromatic rings. The highest BCUT2D eigenvalue weighted by Crippen LogP contribution is 2.18. The quantitative estimate of drug-likeness (QED) is 0.310. The molecule has 22 heavy (non-hydrogen) atoms. The molecule has 1 unspecified atom stereocenters. The summed E-state index contributed by atoms with van der Waals surface area (Å²) < 4.78 is 0. The highest BCUT2D eigenvalue weighted by atomic mass is 127. The van der Waals surface area contributed by atoms with Gasteiger partial charge in [0.15, 0.2) is 5.96 Å². The van der Waals surface area contributed by atoms with Gasteiger partial charge in [-0.3, -0.25) is 4.99 Å². The SMILES string of the molecule is CC(C)CN1CCC(CN=C(N)NC2CCCCCC2)C1.I. The zero-order valence-corrected chi connectivity index (χ0v) is 16.7. The second kappa shape index (κ2) is 10.7. The minimum atomic E-state index is 0. The number of nitrogens with zero attached hydrogens (tertiary/aromatic N) is 2. The predicted octanol–water partition coefficient (Wildman–Crippen LogP) is 3.21. The second-order valence-electron chi connectivity index (χ2n) is 7.37. The molecule has 1 aliphatic heterocycles. The summed E-state index contributed by atoms with van der Waals surface area (Å²) in [5.41, 5.74) is 6.07. The van der Waals surface area contributed by atoms with Crippen LogP contribution < -0.4 is 11.1 Å².